The van der Waals surface area contributed by atoms with Crippen molar-refractivity contribution in [3.8, 4) is 0 Å². The number of benzene rings is 2. The molecule has 2 aromatic rings. The van der Waals surface area contributed by atoms with Gasteiger partial charge in [0.2, 0.25) is 5.91 Å². The summed E-state index contributed by atoms with van der Waals surface area (Å²) in [5, 5.41) is 11.1. The zero-order valence-electron chi connectivity index (χ0n) is 17.7. The van der Waals surface area contributed by atoms with E-state index in [0.717, 1.165) is 16.5 Å². The number of anilines is 1. The summed E-state index contributed by atoms with van der Waals surface area (Å²) < 4.78 is 0. The molecule has 0 bridgehead atoms. The predicted molar refractivity (Wildman–Crippen MR) is 119 cm³/mol. The summed E-state index contributed by atoms with van der Waals surface area (Å²) in [5.74, 6) is -1.04. The van der Waals surface area contributed by atoms with Crippen LogP contribution < -0.4 is 4.90 Å². The lowest BCUT2D eigenvalue weighted by atomic mass is 10.0. The Morgan fingerprint density at radius 2 is 1.81 bits per heavy atom. The molecule has 1 saturated carbocycles. The van der Waals surface area contributed by atoms with E-state index in [1.807, 2.05) is 12.1 Å². The molecule has 2 aromatic carbocycles. The Kier molecular flexibility index (Phi) is 5.73. The lowest BCUT2D eigenvalue weighted by Crippen LogP contribution is -2.46. The number of rotatable bonds is 6. The molecule has 0 spiro atoms. The highest BCUT2D eigenvalue weighted by atomic mass is 35.5. The zero-order valence-corrected chi connectivity index (χ0v) is 18.4. The maximum atomic E-state index is 13.3. The molecule has 8 nitrogen and oxygen atoms in total. The summed E-state index contributed by atoms with van der Waals surface area (Å²) in [6.45, 7) is 4.11. The van der Waals surface area contributed by atoms with Crippen LogP contribution in [0.15, 0.2) is 42.5 Å². The molecule has 166 valence electrons. The number of hydrogen-bond acceptors (Lipinski definition) is 5. The molecule has 9 heteroatoms. The summed E-state index contributed by atoms with van der Waals surface area (Å²) >= 11 is 5.87. The van der Waals surface area contributed by atoms with Crippen LogP contribution >= 0.6 is 11.6 Å². The van der Waals surface area contributed by atoms with Gasteiger partial charge in [-0.3, -0.25) is 24.5 Å². The highest BCUT2D eigenvalue weighted by Crippen LogP contribution is 2.36. The molecular weight excluding hydrogens is 434 g/mol. The van der Waals surface area contributed by atoms with Gasteiger partial charge >= 0.3 is 0 Å². The molecule has 32 heavy (non-hydrogen) atoms. The van der Waals surface area contributed by atoms with Crippen LogP contribution in [0.2, 0.25) is 5.02 Å². The van der Waals surface area contributed by atoms with Crippen LogP contribution in [0.3, 0.4) is 0 Å². The third-order valence-corrected chi connectivity index (χ3v) is 6.16. The van der Waals surface area contributed by atoms with Crippen molar-refractivity contribution in [3.63, 3.8) is 0 Å². The summed E-state index contributed by atoms with van der Waals surface area (Å²) in [5.41, 5.74) is 1.24. The van der Waals surface area contributed by atoms with Crippen molar-refractivity contribution in [1.29, 1.82) is 0 Å². The van der Waals surface area contributed by atoms with Gasteiger partial charge in [0.05, 0.1) is 17.0 Å². The maximum absolute atomic E-state index is 13.3. The first kappa shape index (κ1) is 22.0. The minimum absolute atomic E-state index is 0.0629. The maximum Gasteiger partial charge on any atom is 0.288 e. The molecule has 0 N–H and O–H groups in total. The standard InChI is InChI=1S/C23H22ClN3O5/c1-13(2)14-3-6-17(7-4-14)26-21(28)12-20(23(26)30)25(16-8-9-16)22(29)15-5-10-18(24)19(11-15)27(31)32/h3-7,10-11,13,16,20H,8-9,12H2,1-2H3. The Morgan fingerprint density at radius 1 is 1.16 bits per heavy atom. The van der Waals surface area contributed by atoms with Gasteiger partial charge in [0.1, 0.15) is 11.1 Å². The quantitative estimate of drug-likeness (QED) is 0.367. The van der Waals surface area contributed by atoms with E-state index in [0.29, 0.717) is 24.4 Å². The average molecular weight is 456 g/mol. The van der Waals surface area contributed by atoms with Crippen molar-refractivity contribution < 1.29 is 19.3 Å². The summed E-state index contributed by atoms with van der Waals surface area (Å²) in [6, 6.07) is 9.92. The van der Waals surface area contributed by atoms with E-state index in [-0.39, 0.29) is 34.6 Å². The number of carbonyl (C=O) groups excluding carboxylic acids is 3. The Bertz CT molecular complexity index is 1110. The second kappa shape index (κ2) is 8.35. The molecule has 1 saturated heterocycles. The van der Waals surface area contributed by atoms with E-state index in [9.17, 15) is 24.5 Å². The number of nitrogens with zero attached hydrogens (tertiary/aromatic N) is 3. The third kappa shape index (κ3) is 3.98. The van der Waals surface area contributed by atoms with Crippen LogP contribution in [0, 0.1) is 10.1 Å². The predicted octanol–water partition coefficient (Wildman–Crippen LogP) is 4.31. The van der Waals surface area contributed by atoms with Gasteiger partial charge in [-0.25, -0.2) is 4.90 Å². The molecule has 1 aliphatic carbocycles. The molecular formula is C23H22ClN3O5. The first-order valence-corrected chi connectivity index (χ1v) is 10.8. The van der Waals surface area contributed by atoms with Crippen LogP contribution in [0.5, 0.6) is 0 Å². The van der Waals surface area contributed by atoms with Crippen molar-refractivity contribution >= 4 is 40.7 Å². The second-order valence-corrected chi connectivity index (χ2v) is 8.81. The van der Waals surface area contributed by atoms with Crippen LogP contribution in [0.25, 0.3) is 0 Å². The van der Waals surface area contributed by atoms with Crippen LogP contribution in [0.1, 0.15) is 54.9 Å². The Hall–Kier alpha value is -3.26. The van der Waals surface area contributed by atoms with Gasteiger partial charge in [-0.1, -0.05) is 37.6 Å². The van der Waals surface area contributed by atoms with E-state index in [2.05, 4.69) is 13.8 Å². The molecule has 2 aliphatic rings. The Balaban J connectivity index is 1.63. The molecule has 1 heterocycles. The zero-order chi connectivity index (χ0) is 23.2. The first-order valence-electron chi connectivity index (χ1n) is 10.4. The van der Waals surface area contributed by atoms with Crippen LogP contribution in [0.4, 0.5) is 11.4 Å². The van der Waals surface area contributed by atoms with Crippen molar-refractivity contribution in [3.05, 3.63) is 68.7 Å². The highest BCUT2D eigenvalue weighted by molar-refractivity contribution is 6.32. The SMILES string of the molecule is CC(C)c1ccc(N2C(=O)CC(N(C(=O)c3ccc(Cl)c([N+](=O)[O-])c3)C3CC3)C2=O)cc1. The number of imide groups is 1. The van der Waals surface area contributed by atoms with Crippen molar-refractivity contribution in [2.75, 3.05) is 4.90 Å². The Morgan fingerprint density at radius 3 is 2.38 bits per heavy atom. The molecule has 1 aliphatic heterocycles. The van der Waals surface area contributed by atoms with Gasteiger partial charge in [-0.05, 0) is 48.6 Å². The van der Waals surface area contributed by atoms with Gasteiger partial charge in [-0.2, -0.15) is 0 Å². The fraction of sp³-hybridized carbons (Fsp3) is 0.348. The smallest absolute Gasteiger partial charge is 0.288 e. The molecule has 0 radical (unpaired) electrons. The summed E-state index contributed by atoms with van der Waals surface area (Å²) in [6.07, 6.45) is 1.30. The lowest BCUT2D eigenvalue weighted by Gasteiger charge is -2.27. The van der Waals surface area contributed by atoms with E-state index in [1.54, 1.807) is 12.1 Å². The Labute approximate surface area is 189 Å². The van der Waals surface area contributed by atoms with Crippen molar-refractivity contribution in [2.45, 2.75) is 51.1 Å². The van der Waals surface area contributed by atoms with Gasteiger partial charge < -0.3 is 4.90 Å². The molecule has 2 fully saturated rings. The number of nitro benzene ring substituents is 1. The van der Waals surface area contributed by atoms with Gasteiger partial charge in [0, 0.05) is 17.7 Å². The summed E-state index contributed by atoms with van der Waals surface area (Å²) in [7, 11) is 0. The first-order chi connectivity index (χ1) is 15.2. The third-order valence-electron chi connectivity index (χ3n) is 5.84. The fourth-order valence-electron chi connectivity index (χ4n) is 3.96. The van der Waals surface area contributed by atoms with E-state index >= 15 is 0 Å². The minimum Gasteiger partial charge on any atom is -0.323 e. The molecule has 0 aromatic heterocycles. The molecule has 4 rings (SSSR count). The summed E-state index contributed by atoms with van der Waals surface area (Å²) in [4.78, 5) is 52.4. The normalized spacial score (nSPS) is 18.4. The van der Waals surface area contributed by atoms with Gasteiger partial charge in [0.15, 0.2) is 0 Å². The number of amides is 3. The number of nitro groups is 1. The van der Waals surface area contributed by atoms with Gasteiger partial charge in [0.25, 0.3) is 17.5 Å². The lowest BCUT2D eigenvalue weighted by molar-refractivity contribution is -0.384. The number of halogens is 1. The fourth-order valence-corrected chi connectivity index (χ4v) is 4.15. The monoisotopic (exact) mass is 455 g/mol. The van der Waals surface area contributed by atoms with Gasteiger partial charge in [-0.15, -0.1) is 0 Å². The molecule has 3 amide bonds. The number of carbonyl (C=O) groups is 3. The van der Waals surface area contributed by atoms with Crippen LogP contribution in [-0.4, -0.2) is 39.6 Å². The highest BCUT2D eigenvalue weighted by Gasteiger charge is 2.49. The van der Waals surface area contributed by atoms with Crippen LogP contribution in [-0.2, 0) is 9.59 Å². The van der Waals surface area contributed by atoms with E-state index in [4.69, 9.17) is 11.6 Å². The van der Waals surface area contributed by atoms with Crippen molar-refractivity contribution in [1.82, 2.24) is 4.90 Å². The second-order valence-electron chi connectivity index (χ2n) is 8.40. The van der Waals surface area contributed by atoms with Crippen molar-refractivity contribution in [2.24, 2.45) is 0 Å². The number of hydrogen-bond donors (Lipinski definition) is 0. The molecule has 1 atom stereocenters. The minimum atomic E-state index is -0.943. The molecule has 1 unspecified atom stereocenters. The van der Waals surface area contributed by atoms with E-state index in [1.165, 1.54) is 17.0 Å². The largest absolute Gasteiger partial charge is 0.323 e. The topological polar surface area (TPSA) is 101 Å². The van der Waals surface area contributed by atoms with E-state index < -0.39 is 22.8 Å². The average Bonchev–Trinajstić information content (AvgIpc) is 3.54.